The summed E-state index contributed by atoms with van der Waals surface area (Å²) < 4.78 is 65.6. The van der Waals surface area contributed by atoms with Gasteiger partial charge in [0, 0.05) is 56.0 Å². The molecule has 0 bridgehead atoms. The number of hydrogen-bond donors (Lipinski definition) is 2. The number of halogens is 6. The molecule has 4 aromatic rings. The highest BCUT2D eigenvalue weighted by atomic mass is 19.4. The number of carboxylic acid groups (broad SMARTS) is 2. The SMILES string of the molecule is CN1CCN(c2ccc(-c3ccn4c(-c5cccnc5)cnc4c3)cc2)CC1.O=C(O)C(F)(F)F.O=C(O)C(F)(F)F. The molecule has 42 heavy (non-hydrogen) atoms. The minimum atomic E-state index is -5.08. The number of pyridine rings is 2. The largest absolute Gasteiger partial charge is 0.490 e. The highest BCUT2D eigenvalue weighted by molar-refractivity contribution is 5.73. The van der Waals surface area contributed by atoms with Crippen LogP contribution in [-0.4, -0.2) is 87.0 Å². The predicted octanol–water partition coefficient (Wildman–Crippen LogP) is 5.08. The molecule has 1 aliphatic rings. The molecule has 5 rings (SSSR count). The molecule has 1 saturated heterocycles. The fraction of sp³-hybridized carbons (Fsp3) is 0.259. The molecule has 0 amide bonds. The Morgan fingerprint density at radius 1 is 0.786 bits per heavy atom. The monoisotopic (exact) mass is 597 g/mol. The third-order valence-electron chi connectivity index (χ3n) is 6.02. The van der Waals surface area contributed by atoms with E-state index in [9.17, 15) is 26.3 Å². The smallest absolute Gasteiger partial charge is 0.475 e. The Balaban J connectivity index is 0.000000289. The Bertz CT molecular complexity index is 1460. The number of anilines is 1. The zero-order valence-electron chi connectivity index (χ0n) is 22.0. The van der Waals surface area contributed by atoms with E-state index in [2.05, 4.69) is 79.9 Å². The topological polar surface area (TPSA) is 111 Å². The third kappa shape index (κ3) is 8.67. The average molecular weight is 598 g/mol. The summed E-state index contributed by atoms with van der Waals surface area (Å²) in [6, 6.07) is 17.2. The van der Waals surface area contributed by atoms with Crippen LogP contribution in [0.1, 0.15) is 0 Å². The molecule has 1 aliphatic heterocycles. The molecule has 0 spiro atoms. The van der Waals surface area contributed by atoms with Gasteiger partial charge in [-0.25, -0.2) is 14.6 Å². The van der Waals surface area contributed by atoms with E-state index in [1.54, 1.807) is 6.20 Å². The number of rotatable bonds is 3. The van der Waals surface area contributed by atoms with E-state index in [1.165, 1.54) is 16.8 Å². The molecular formula is C27H25F6N5O4. The summed E-state index contributed by atoms with van der Waals surface area (Å²) in [6.07, 6.45) is -2.51. The van der Waals surface area contributed by atoms with E-state index in [0.29, 0.717) is 0 Å². The Hall–Kier alpha value is -4.66. The van der Waals surface area contributed by atoms with Gasteiger partial charge < -0.3 is 20.0 Å². The van der Waals surface area contributed by atoms with E-state index >= 15 is 0 Å². The van der Waals surface area contributed by atoms with Gasteiger partial charge in [0.1, 0.15) is 5.65 Å². The van der Waals surface area contributed by atoms with E-state index in [-0.39, 0.29) is 0 Å². The Morgan fingerprint density at radius 3 is 1.86 bits per heavy atom. The number of nitrogens with zero attached hydrogens (tertiary/aromatic N) is 5. The first kappa shape index (κ1) is 31.9. The fourth-order valence-corrected chi connectivity index (χ4v) is 3.82. The van der Waals surface area contributed by atoms with Gasteiger partial charge in [-0.05, 0) is 54.6 Å². The number of fused-ring (bicyclic) bond motifs is 1. The maximum Gasteiger partial charge on any atom is 0.490 e. The summed E-state index contributed by atoms with van der Waals surface area (Å²) in [5.74, 6) is -5.51. The van der Waals surface area contributed by atoms with Gasteiger partial charge in [-0.15, -0.1) is 0 Å². The van der Waals surface area contributed by atoms with Gasteiger partial charge in [0.25, 0.3) is 0 Å². The first-order valence-electron chi connectivity index (χ1n) is 12.2. The molecule has 1 fully saturated rings. The lowest BCUT2D eigenvalue weighted by molar-refractivity contribution is -0.193. The van der Waals surface area contributed by atoms with Crippen molar-refractivity contribution in [2.24, 2.45) is 0 Å². The van der Waals surface area contributed by atoms with Crippen LogP contribution in [0.3, 0.4) is 0 Å². The summed E-state index contributed by atoms with van der Waals surface area (Å²) in [7, 11) is 2.19. The molecule has 0 radical (unpaired) electrons. The van der Waals surface area contributed by atoms with Gasteiger partial charge in [-0.2, -0.15) is 26.3 Å². The lowest BCUT2D eigenvalue weighted by Gasteiger charge is -2.34. The van der Waals surface area contributed by atoms with Crippen LogP contribution in [-0.2, 0) is 9.59 Å². The maximum atomic E-state index is 10.6. The summed E-state index contributed by atoms with van der Waals surface area (Å²) in [6.45, 7) is 4.43. The number of carboxylic acids is 2. The van der Waals surface area contributed by atoms with Gasteiger partial charge in [0.15, 0.2) is 0 Å². The fourth-order valence-electron chi connectivity index (χ4n) is 3.82. The predicted molar refractivity (Wildman–Crippen MR) is 141 cm³/mol. The van der Waals surface area contributed by atoms with Crippen molar-refractivity contribution >= 4 is 23.3 Å². The van der Waals surface area contributed by atoms with Crippen LogP contribution in [0.2, 0.25) is 0 Å². The summed E-state index contributed by atoms with van der Waals surface area (Å²) in [4.78, 5) is 31.4. The zero-order valence-corrected chi connectivity index (χ0v) is 22.0. The Morgan fingerprint density at radius 2 is 1.36 bits per heavy atom. The standard InChI is InChI=1S/C23H23N5.2C2HF3O2/c1-26-11-13-27(14-12-26)21-6-4-18(5-7-21)19-8-10-28-22(17-25-23(28)15-19)20-3-2-9-24-16-20;2*3-2(4,5)1(6)7/h2-10,15-17H,11-14H2,1H3;2*(H,6,7). The Kier molecular flexibility index (Phi) is 10.1. The molecule has 9 nitrogen and oxygen atoms in total. The molecule has 4 heterocycles. The van der Waals surface area contributed by atoms with Gasteiger partial charge >= 0.3 is 24.3 Å². The van der Waals surface area contributed by atoms with E-state index < -0.39 is 24.3 Å². The molecule has 1 aromatic carbocycles. The minimum Gasteiger partial charge on any atom is -0.475 e. The normalized spacial score (nSPS) is 13.9. The van der Waals surface area contributed by atoms with Crippen molar-refractivity contribution in [2.75, 3.05) is 38.1 Å². The highest BCUT2D eigenvalue weighted by Gasteiger charge is 2.38. The lowest BCUT2D eigenvalue weighted by Crippen LogP contribution is -2.44. The summed E-state index contributed by atoms with van der Waals surface area (Å²) in [5.41, 5.74) is 6.77. The van der Waals surface area contributed by atoms with E-state index in [0.717, 1.165) is 43.1 Å². The van der Waals surface area contributed by atoms with E-state index in [1.807, 2.05) is 18.5 Å². The maximum absolute atomic E-state index is 10.6. The van der Waals surface area contributed by atoms with Crippen molar-refractivity contribution < 1.29 is 46.1 Å². The van der Waals surface area contributed by atoms with Crippen molar-refractivity contribution in [3.8, 4) is 22.4 Å². The number of benzene rings is 1. The van der Waals surface area contributed by atoms with Gasteiger partial charge in [0.2, 0.25) is 0 Å². The molecule has 15 heteroatoms. The van der Waals surface area contributed by atoms with Crippen LogP contribution in [0.15, 0.2) is 73.3 Å². The summed E-state index contributed by atoms with van der Waals surface area (Å²) >= 11 is 0. The number of imidazole rings is 1. The molecule has 0 atom stereocenters. The van der Waals surface area contributed by atoms with Crippen LogP contribution in [0.5, 0.6) is 0 Å². The van der Waals surface area contributed by atoms with Crippen molar-refractivity contribution in [2.45, 2.75) is 12.4 Å². The van der Waals surface area contributed by atoms with Crippen LogP contribution >= 0.6 is 0 Å². The molecule has 0 saturated carbocycles. The third-order valence-corrected chi connectivity index (χ3v) is 6.02. The van der Waals surface area contributed by atoms with Crippen LogP contribution < -0.4 is 4.90 Å². The Labute approximate surface area is 235 Å². The van der Waals surface area contributed by atoms with Gasteiger partial charge in [-0.3, -0.25) is 9.38 Å². The minimum absolute atomic E-state index is 0.944. The van der Waals surface area contributed by atoms with Crippen LogP contribution in [0, 0.1) is 0 Å². The highest BCUT2D eigenvalue weighted by Crippen LogP contribution is 2.27. The lowest BCUT2D eigenvalue weighted by atomic mass is 10.1. The second-order valence-electron chi connectivity index (χ2n) is 8.97. The molecule has 0 unspecified atom stereocenters. The molecule has 3 aromatic heterocycles. The van der Waals surface area contributed by atoms with Crippen molar-refractivity contribution in [1.29, 1.82) is 0 Å². The molecule has 2 N–H and O–H groups in total. The summed E-state index contributed by atoms with van der Waals surface area (Å²) in [5, 5.41) is 14.2. The molecule has 224 valence electrons. The number of carbonyl (C=O) groups is 2. The average Bonchev–Trinajstić information content (AvgIpc) is 3.37. The molecule has 0 aliphatic carbocycles. The number of alkyl halides is 6. The number of aromatic nitrogens is 3. The first-order valence-corrected chi connectivity index (χ1v) is 12.2. The van der Waals surface area contributed by atoms with Crippen LogP contribution in [0.4, 0.5) is 32.0 Å². The number of likely N-dealkylation sites (N-methyl/N-ethyl adjacent to an activating group) is 1. The zero-order chi connectivity index (χ0) is 31.1. The van der Waals surface area contributed by atoms with E-state index in [4.69, 9.17) is 19.8 Å². The number of piperazine rings is 1. The number of hydrogen-bond acceptors (Lipinski definition) is 6. The van der Waals surface area contributed by atoms with Gasteiger partial charge in [0.05, 0.1) is 11.9 Å². The second-order valence-corrected chi connectivity index (χ2v) is 8.97. The van der Waals surface area contributed by atoms with Crippen LogP contribution in [0.25, 0.3) is 28.0 Å². The van der Waals surface area contributed by atoms with Crippen molar-refractivity contribution in [3.05, 3.63) is 73.3 Å². The number of aliphatic carboxylic acids is 2. The van der Waals surface area contributed by atoms with Gasteiger partial charge in [-0.1, -0.05) is 12.1 Å². The van der Waals surface area contributed by atoms with Crippen molar-refractivity contribution in [1.82, 2.24) is 19.3 Å². The second kappa shape index (κ2) is 13.3. The van der Waals surface area contributed by atoms with Crippen molar-refractivity contribution in [3.63, 3.8) is 0 Å². The molecular weight excluding hydrogens is 572 g/mol. The quantitative estimate of drug-likeness (QED) is 0.315. The first-order chi connectivity index (χ1) is 19.7.